The van der Waals surface area contributed by atoms with E-state index in [0.717, 1.165) is 12.8 Å². The van der Waals surface area contributed by atoms with E-state index < -0.39 is 28.0 Å². The Bertz CT molecular complexity index is 848. The molecule has 3 amide bonds. The fourth-order valence-corrected chi connectivity index (χ4v) is 5.53. The van der Waals surface area contributed by atoms with Gasteiger partial charge in [0.25, 0.3) is 0 Å². The average molecular weight is 449 g/mol. The topological polar surface area (TPSA) is 98.8 Å². The van der Waals surface area contributed by atoms with Gasteiger partial charge in [0, 0.05) is 32.2 Å². The summed E-state index contributed by atoms with van der Waals surface area (Å²) in [5, 5.41) is 5.18. The smallest absolute Gasteiger partial charge is 0.321 e. The van der Waals surface area contributed by atoms with E-state index in [-0.39, 0.29) is 34.1 Å². The van der Waals surface area contributed by atoms with Crippen LogP contribution in [0.25, 0.3) is 0 Å². The van der Waals surface area contributed by atoms with E-state index in [4.69, 9.17) is 23.2 Å². The Balaban J connectivity index is 1.59. The van der Waals surface area contributed by atoms with Gasteiger partial charge in [-0.05, 0) is 31.9 Å². The SMILES string of the molecule is CC(C(=O)NC(=O)NC1CC1)N1CCN(S(=O)(=O)c2c(Cl)cccc2Cl)CC1. The summed E-state index contributed by atoms with van der Waals surface area (Å²) in [5.74, 6) is -0.413. The van der Waals surface area contributed by atoms with Crippen LogP contribution in [0.1, 0.15) is 19.8 Å². The third kappa shape index (κ3) is 4.77. The van der Waals surface area contributed by atoms with Crippen molar-refractivity contribution in [3.63, 3.8) is 0 Å². The Morgan fingerprint density at radius 1 is 1.11 bits per heavy atom. The molecule has 2 N–H and O–H groups in total. The number of urea groups is 1. The fraction of sp³-hybridized carbons (Fsp3) is 0.529. The zero-order valence-electron chi connectivity index (χ0n) is 15.3. The number of halogens is 2. The molecule has 1 aromatic rings. The van der Waals surface area contributed by atoms with Crippen LogP contribution in [0.5, 0.6) is 0 Å². The van der Waals surface area contributed by atoms with Gasteiger partial charge >= 0.3 is 6.03 Å². The Hall–Kier alpha value is -1.39. The fourth-order valence-electron chi connectivity index (χ4n) is 3.02. The molecular weight excluding hydrogens is 427 g/mol. The minimum absolute atomic E-state index is 0.0735. The molecule has 28 heavy (non-hydrogen) atoms. The molecular formula is C17H22Cl2N4O4S. The van der Waals surface area contributed by atoms with Gasteiger partial charge in [0.05, 0.1) is 16.1 Å². The summed E-state index contributed by atoms with van der Waals surface area (Å²) < 4.78 is 27.1. The third-order valence-electron chi connectivity index (χ3n) is 4.87. The number of rotatable bonds is 5. The number of amides is 3. The first kappa shape index (κ1) is 21.3. The van der Waals surface area contributed by atoms with E-state index in [1.54, 1.807) is 13.0 Å². The van der Waals surface area contributed by atoms with E-state index in [0.29, 0.717) is 13.1 Å². The molecule has 1 saturated carbocycles. The predicted molar refractivity (Wildman–Crippen MR) is 106 cm³/mol. The maximum absolute atomic E-state index is 12.9. The first-order valence-corrected chi connectivity index (χ1v) is 11.2. The lowest BCUT2D eigenvalue weighted by Crippen LogP contribution is -2.56. The van der Waals surface area contributed by atoms with E-state index in [2.05, 4.69) is 10.6 Å². The summed E-state index contributed by atoms with van der Waals surface area (Å²) in [6, 6.07) is 3.66. The molecule has 0 bridgehead atoms. The number of nitrogens with zero attached hydrogens (tertiary/aromatic N) is 2. The van der Waals surface area contributed by atoms with Gasteiger partial charge in [-0.3, -0.25) is 15.0 Å². The quantitative estimate of drug-likeness (QED) is 0.713. The summed E-state index contributed by atoms with van der Waals surface area (Å²) in [6.45, 7) is 2.76. The minimum atomic E-state index is -3.84. The van der Waals surface area contributed by atoms with Crippen molar-refractivity contribution in [3.05, 3.63) is 28.2 Å². The van der Waals surface area contributed by atoms with Gasteiger partial charge < -0.3 is 5.32 Å². The largest absolute Gasteiger partial charge is 0.335 e. The first-order chi connectivity index (χ1) is 13.2. The molecule has 8 nitrogen and oxygen atoms in total. The minimum Gasteiger partial charge on any atom is -0.335 e. The van der Waals surface area contributed by atoms with Gasteiger partial charge in [-0.25, -0.2) is 13.2 Å². The first-order valence-electron chi connectivity index (χ1n) is 8.99. The van der Waals surface area contributed by atoms with Crippen LogP contribution in [0, 0.1) is 0 Å². The van der Waals surface area contributed by atoms with Crippen LogP contribution in [0.2, 0.25) is 10.0 Å². The third-order valence-corrected chi connectivity index (χ3v) is 7.72. The average Bonchev–Trinajstić information content (AvgIpc) is 3.44. The lowest BCUT2D eigenvalue weighted by molar-refractivity contribution is -0.125. The molecule has 1 heterocycles. The van der Waals surface area contributed by atoms with E-state index in [9.17, 15) is 18.0 Å². The summed E-state index contributed by atoms with van der Waals surface area (Å²) in [6.07, 6.45) is 1.87. The van der Waals surface area contributed by atoms with Crippen molar-refractivity contribution in [2.24, 2.45) is 0 Å². The van der Waals surface area contributed by atoms with Gasteiger partial charge in [-0.15, -0.1) is 0 Å². The highest BCUT2D eigenvalue weighted by Crippen LogP contribution is 2.32. The Morgan fingerprint density at radius 2 is 1.68 bits per heavy atom. The molecule has 0 spiro atoms. The molecule has 1 saturated heterocycles. The van der Waals surface area contributed by atoms with Crippen LogP contribution in [0.4, 0.5) is 4.79 Å². The molecule has 1 aliphatic heterocycles. The van der Waals surface area contributed by atoms with Gasteiger partial charge in [-0.2, -0.15) is 4.31 Å². The summed E-state index contributed by atoms with van der Waals surface area (Å²) in [5.41, 5.74) is 0. The highest BCUT2D eigenvalue weighted by molar-refractivity contribution is 7.89. The molecule has 154 valence electrons. The Morgan fingerprint density at radius 3 is 2.21 bits per heavy atom. The molecule has 1 aliphatic carbocycles. The molecule has 1 aromatic carbocycles. The highest BCUT2D eigenvalue weighted by Gasteiger charge is 2.34. The van der Waals surface area contributed by atoms with Crippen LogP contribution in [0.15, 0.2) is 23.1 Å². The van der Waals surface area contributed by atoms with E-state index in [1.807, 2.05) is 4.90 Å². The van der Waals surface area contributed by atoms with Crippen molar-refractivity contribution >= 4 is 45.2 Å². The second kappa shape index (κ2) is 8.54. The molecule has 0 aromatic heterocycles. The van der Waals surface area contributed by atoms with Crippen molar-refractivity contribution in [1.82, 2.24) is 19.8 Å². The number of carbonyl (C=O) groups is 2. The lowest BCUT2D eigenvalue weighted by Gasteiger charge is -2.36. The number of hydrogen-bond donors (Lipinski definition) is 2. The second-order valence-electron chi connectivity index (χ2n) is 6.90. The number of hydrogen-bond acceptors (Lipinski definition) is 5. The number of benzene rings is 1. The van der Waals surface area contributed by atoms with Crippen molar-refractivity contribution in [1.29, 1.82) is 0 Å². The van der Waals surface area contributed by atoms with Crippen molar-refractivity contribution < 1.29 is 18.0 Å². The van der Waals surface area contributed by atoms with Crippen LogP contribution < -0.4 is 10.6 Å². The zero-order chi connectivity index (χ0) is 20.5. The molecule has 2 aliphatic rings. The van der Waals surface area contributed by atoms with Gasteiger partial charge in [0.15, 0.2) is 0 Å². The number of nitrogens with one attached hydrogen (secondary N) is 2. The number of imide groups is 1. The normalized spacial score (nSPS) is 19.8. The van der Waals surface area contributed by atoms with Gasteiger partial charge in [0.2, 0.25) is 15.9 Å². The van der Waals surface area contributed by atoms with E-state index in [1.165, 1.54) is 16.4 Å². The maximum Gasteiger partial charge on any atom is 0.321 e. The monoisotopic (exact) mass is 448 g/mol. The van der Waals surface area contributed by atoms with Crippen molar-refractivity contribution in [2.75, 3.05) is 26.2 Å². The molecule has 1 atom stereocenters. The molecule has 1 unspecified atom stereocenters. The maximum atomic E-state index is 12.9. The number of sulfonamides is 1. The van der Waals surface area contributed by atoms with Crippen molar-refractivity contribution in [2.45, 2.75) is 36.7 Å². The van der Waals surface area contributed by atoms with E-state index >= 15 is 0 Å². The number of carbonyl (C=O) groups excluding carboxylic acids is 2. The Kier molecular flexibility index (Phi) is 6.51. The number of piperazine rings is 1. The predicted octanol–water partition coefficient (Wildman–Crippen LogP) is 1.68. The standard InChI is InChI=1S/C17H22Cl2N4O4S/c1-11(16(24)21-17(25)20-12-5-6-12)22-7-9-23(10-8-22)28(26,27)15-13(18)3-2-4-14(15)19/h2-4,11-12H,5-10H2,1H3,(H2,20,21,24,25). The Labute approximate surface area is 174 Å². The zero-order valence-corrected chi connectivity index (χ0v) is 17.6. The molecule has 0 radical (unpaired) electrons. The van der Waals surface area contributed by atoms with Gasteiger partial charge in [-0.1, -0.05) is 29.3 Å². The highest BCUT2D eigenvalue weighted by atomic mass is 35.5. The van der Waals surface area contributed by atoms with Crippen LogP contribution in [0.3, 0.4) is 0 Å². The second-order valence-corrected chi connectivity index (χ2v) is 9.59. The molecule has 11 heteroatoms. The van der Waals surface area contributed by atoms with Crippen molar-refractivity contribution in [3.8, 4) is 0 Å². The van der Waals surface area contributed by atoms with Gasteiger partial charge in [0.1, 0.15) is 4.90 Å². The lowest BCUT2D eigenvalue weighted by atomic mass is 10.2. The summed E-state index contributed by atoms with van der Waals surface area (Å²) >= 11 is 12.1. The van der Waals surface area contributed by atoms with Crippen LogP contribution in [-0.4, -0.2) is 67.8 Å². The molecule has 3 rings (SSSR count). The molecule has 2 fully saturated rings. The van der Waals surface area contributed by atoms with Crippen LogP contribution in [-0.2, 0) is 14.8 Å². The summed E-state index contributed by atoms with van der Waals surface area (Å²) in [4.78, 5) is 25.7. The van der Waals surface area contributed by atoms with Crippen LogP contribution >= 0.6 is 23.2 Å². The summed E-state index contributed by atoms with van der Waals surface area (Å²) in [7, 11) is -3.84.